The van der Waals surface area contributed by atoms with Crippen LogP contribution in [0.1, 0.15) is 92.4 Å². The number of hydrogen-bond acceptors (Lipinski definition) is 3. The van der Waals surface area contributed by atoms with Crippen molar-refractivity contribution in [3.8, 4) is 0 Å². The van der Waals surface area contributed by atoms with Crippen molar-refractivity contribution in [2.24, 2.45) is 11.3 Å². The van der Waals surface area contributed by atoms with Crippen LogP contribution in [0.15, 0.2) is 0 Å². The SMILES string of the molecule is CCCCC(CC)CCC(C(CC)(CC)CC)S(=O)(=O)[O-].[Na+]. The first-order valence-corrected chi connectivity index (χ1v) is 10.2. The molecule has 0 aromatic rings. The van der Waals surface area contributed by atoms with Crippen molar-refractivity contribution in [3.05, 3.63) is 0 Å². The van der Waals surface area contributed by atoms with Crippen LogP contribution in [-0.4, -0.2) is 18.2 Å². The van der Waals surface area contributed by atoms with Gasteiger partial charge in [0.05, 0.1) is 15.4 Å². The average Bonchev–Trinajstić information content (AvgIpc) is 2.45. The quantitative estimate of drug-likeness (QED) is 0.403. The Bertz CT molecular complexity index is 356. The van der Waals surface area contributed by atoms with Crippen LogP contribution >= 0.6 is 0 Å². The van der Waals surface area contributed by atoms with Gasteiger partial charge in [0.2, 0.25) is 0 Å². The molecule has 0 fully saturated rings. The Morgan fingerprint density at radius 2 is 1.41 bits per heavy atom. The maximum absolute atomic E-state index is 11.8. The minimum absolute atomic E-state index is 0. The van der Waals surface area contributed by atoms with E-state index in [1.165, 1.54) is 12.8 Å². The molecule has 0 radical (unpaired) electrons. The van der Waals surface area contributed by atoms with Gasteiger partial charge in [-0.3, -0.25) is 0 Å². The zero-order valence-electron chi connectivity index (χ0n) is 15.7. The molecule has 0 aliphatic carbocycles. The topological polar surface area (TPSA) is 57.2 Å². The van der Waals surface area contributed by atoms with Gasteiger partial charge in [0.15, 0.2) is 0 Å². The second-order valence-electron chi connectivity index (χ2n) is 6.40. The first-order chi connectivity index (χ1) is 9.81. The van der Waals surface area contributed by atoms with E-state index in [0.717, 1.165) is 38.5 Å². The summed E-state index contributed by atoms with van der Waals surface area (Å²) < 4.78 is 35.4. The van der Waals surface area contributed by atoms with E-state index in [1.807, 2.05) is 20.8 Å². The summed E-state index contributed by atoms with van der Waals surface area (Å²) >= 11 is 0. The van der Waals surface area contributed by atoms with Crippen molar-refractivity contribution in [2.75, 3.05) is 0 Å². The van der Waals surface area contributed by atoms with Gasteiger partial charge < -0.3 is 4.55 Å². The van der Waals surface area contributed by atoms with Gasteiger partial charge in [0.1, 0.15) is 0 Å². The molecule has 0 saturated heterocycles. The molecule has 0 aromatic carbocycles. The van der Waals surface area contributed by atoms with Gasteiger partial charge in [-0.2, -0.15) is 0 Å². The van der Waals surface area contributed by atoms with Crippen molar-refractivity contribution in [3.63, 3.8) is 0 Å². The third-order valence-electron chi connectivity index (χ3n) is 5.52. The van der Waals surface area contributed by atoms with Gasteiger partial charge in [0.25, 0.3) is 0 Å². The predicted octanol–water partition coefficient (Wildman–Crippen LogP) is 2.12. The summed E-state index contributed by atoms with van der Waals surface area (Å²) in [5.41, 5.74) is -0.344. The van der Waals surface area contributed by atoms with Gasteiger partial charge in [-0.1, -0.05) is 60.3 Å². The van der Waals surface area contributed by atoms with E-state index < -0.39 is 15.4 Å². The van der Waals surface area contributed by atoms with Gasteiger partial charge in [0, 0.05) is 0 Å². The molecule has 0 spiro atoms. The Balaban J connectivity index is 0. The van der Waals surface area contributed by atoms with Gasteiger partial charge >= 0.3 is 29.6 Å². The van der Waals surface area contributed by atoms with Crippen LogP contribution in [0.5, 0.6) is 0 Å². The molecular formula is C17H35NaO3S. The third kappa shape index (κ3) is 7.65. The maximum atomic E-state index is 11.8. The molecule has 0 heterocycles. The zero-order chi connectivity index (χ0) is 16.5. The van der Waals surface area contributed by atoms with E-state index in [9.17, 15) is 13.0 Å². The average molecular weight is 343 g/mol. The van der Waals surface area contributed by atoms with Crippen molar-refractivity contribution >= 4 is 10.1 Å². The van der Waals surface area contributed by atoms with Crippen molar-refractivity contribution in [1.29, 1.82) is 0 Å². The molecule has 0 bridgehead atoms. The van der Waals surface area contributed by atoms with Gasteiger partial charge in [-0.05, 0) is 43.4 Å². The Morgan fingerprint density at radius 3 is 1.73 bits per heavy atom. The Hall–Kier alpha value is 0.910. The fraction of sp³-hybridized carbons (Fsp3) is 1.00. The van der Waals surface area contributed by atoms with E-state index in [-0.39, 0.29) is 35.0 Å². The van der Waals surface area contributed by atoms with E-state index >= 15 is 0 Å². The van der Waals surface area contributed by atoms with Crippen LogP contribution in [0.2, 0.25) is 0 Å². The molecule has 0 aliphatic rings. The van der Waals surface area contributed by atoms with Crippen LogP contribution in [0, 0.1) is 11.3 Å². The van der Waals surface area contributed by atoms with Crippen molar-refractivity contribution < 1.29 is 42.5 Å². The summed E-state index contributed by atoms with van der Waals surface area (Å²) in [4.78, 5) is 0. The molecule has 22 heavy (non-hydrogen) atoms. The first-order valence-electron chi connectivity index (χ1n) is 8.75. The molecule has 0 N–H and O–H groups in total. The second-order valence-corrected chi connectivity index (χ2v) is 7.95. The van der Waals surface area contributed by atoms with Gasteiger partial charge in [-0.25, -0.2) is 8.42 Å². The Kier molecular flexibility index (Phi) is 14.1. The number of unbranched alkanes of at least 4 members (excludes halogenated alkanes) is 1. The van der Waals surface area contributed by atoms with Crippen LogP contribution in [0.3, 0.4) is 0 Å². The summed E-state index contributed by atoms with van der Waals surface area (Å²) in [5, 5.41) is -0.722. The normalized spacial score (nSPS) is 15.2. The molecule has 2 unspecified atom stereocenters. The Morgan fingerprint density at radius 1 is 0.909 bits per heavy atom. The fourth-order valence-corrected chi connectivity index (χ4v) is 5.16. The van der Waals surface area contributed by atoms with E-state index in [0.29, 0.717) is 12.3 Å². The molecule has 0 saturated carbocycles. The largest absolute Gasteiger partial charge is 1.00 e. The summed E-state index contributed by atoms with van der Waals surface area (Å²) in [5.74, 6) is 0.553. The molecule has 0 rings (SSSR count). The molecular weight excluding hydrogens is 307 g/mol. The molecule has 0 aliphatic heterocycles. The van der Waals surface area contributed by atoms with E-state index in [1.54, 1.807) is 0 Å². The maximum Gasteiger partial charge on any atom is 1.00 e. The van der Waals surface area contributed by atoms with Crippen LogP contribution < -0.4 is 29.6 Å². The number of rotatable bonds is 12. The van der Waals surface area contributed by atoms with Crippen LogP contribution in [0.4, 0.5) is 0 Å². The summed E-state index contributed by atoms with van der Waals surface area (Å²) in [6.45, 7) is 10.4. The standard InChI is InChI=1S/C17H36O3S.Na/c1-6-11-12-15(7-2)13-14-16(21(18,19)20)17(8-3,9-4)10-5;/h15-16H,6-14H2,1-5H3,(H,18,19,20);/q;+1/p-1. The van der Waals surface area contributed by atoms with Crippen molar-refractivity contribution in [2.45, 2.75) is 97.7 Å². The first kappa shape index (κ1) is 25.2. The van der Waals surface area contributed by atoms with Crippen molar-refractivity contribution in [1.82, 2.24) is 0 Å². The van der Waals surface area contributed by atoms with E-state index in [4.69, 9.17) is 0 Å². The summed E-state index contributed by atoms with van der Waals surface area (Å²) in [6.07, 6.45) is 8.26. The fourth-order valence-electron chi connectivity index (χ4n) is 3.62. The third-order valence-corrected chi connectivity index (χ3v) is 6.96. The number of hydrogen-bond donors (Lipinski definition) is 0. The van der Waals surface area contributed by atoms with Crippen LogP contribution in [0.25, 0.3) is 0 Å². The molecule has 2 atom stereocenters. The minimum atomic E-state index is -4.23. The summed E-state index contributed by atoms with van der Waals surface area (Å²) in [7, 11) is -4.23. The minimum Gasteiger partial charge on any atom is -0.748 e. The zero-order valence-corrected chi connectivity index (χ0v) is 18.5. The molecule has 5 heteroatoms. The van der Waals surface area contributed by atoms with Gasteiger partial charge in [-0.15, -0.1) is 0 Å². The monoisotopic (exact) mass is 342 g/mol. The second kappa shape index (κ2) is 12.3. The van der Waals surface area contributed by atoms with Crippen LogP contribution in [-0.2, 0) is 10.1 Å². The van der Waals surface area contributed by atoms with E-state index in [2.05, 4.69) is 13.8 Å². The Labute approximate surface area is 161 Å². The molecule has 128 valence electrons. The predicted molar refractivity (Wildman–Crippen MR) is 89.3 cm³/mol. The molecule has 0 amide bonds. The smallest absolute Gasteiger partial charge is 0.748 e. The summed E-state index contributed by atoms with van der Waals surface area (Å²) in [6, 6.07) is 0. The molecule has 3 nitrogen and oxygen atoms in total. The molecule has 0 aromatic heterocycles.